The molecule has 7 nitrogen and oxygen atoms in total. The fraction of sp³-hybridized carbons (Fsp3) is 0.417. The maximum Gasteiger partial charge on any atom is 0.253 e. The minimum Gasteiger partial charge on any atom is -0.454 e. The summed E-state index contributed by atoms with van der Waals surface area (Å²) in [6.45, 7) is 3.43. The second-order valence-corrected chi connectivity index (χ2v) is 7.84. The normalized spacial score (nSPS) is 15.6. The summed E-state index contributed by atoms with van der Waals surface area (Å²) in [5.74, 6) is 2.49. The van der Waals surface area contributed by atoms with E-state index >= 15 is 0 Å². The largest absolute Gasteiger partial charge is 0.454 e. The zero-order valence-corrected chi connectivity index (χ0v) is 18.0. The topological polar surface area (TPSA) is 75.2 Å². The molecule has 0 spiro atoms. The lowest BCUT2D eigenvalue weighted by atomic mass is 10.1. The SMILES string of the molecule is CN=C(NCCc1ccc2c(c1)OCO2)NCc1ccc(C(=O)N2CCCCC2)cc1. The number of carbonyl (C=O) groups is 1. The second-order valence-electron chi connectivity index (χ2n) is 7.84. The Morgan fingerprint density at radius 1 is 0.968 bits per heavy atom. The zero-order valence-electron chi connectivity index (χ0n) is 18.0. The molecule has 1 saturated heterocycles. The first kappa shape index (κ1) is 21.0. The molecule has 2 aromatic rings. The van der Waals surface area contributed by atoms with E-state index in [4.69, 9.17) is 9.47 Å². The Morgan fingerprint density at radius 2 is 1.71 bits per heavy atom. The number of likely N-dealkylation sites (tertiary alicyclic amines) is 1. The molecule has 1 fully saturated rings. The number of nitrogens with one attached hydrogen (secondary N) is 2. The number of hydrogen-bond acceptors (Lipinski definition) is 4. The maximum atomic E-state index is 12.6. The van der Waals surface area contributed by atoms with Gasteiger partial charge in [-0.15, -0.1) is 0 Å². The van der Waals surface area contributed by atoms with E-state index < -0.39 is 0 Å². The Hall–Kier alpha value is -3.22. The maximum absolute atomic E-state index is 12.6. The summed E-state index contributed by atoms with van der Waals surface area (Å²) in [5.41, 5.74) is 3.05. The summed E-state index contributed by atoms with van der Waals surface area (Å²) < 4.78 is 10.8. The fourth-order valence-corrected chi connectivity index (χ4v) is 3.87. The minimum atomic E-state index is 0.139. The molecule has 0 aliphatic carbocycles. The first-order chi connectivity index (χ1) is 15.2. The van der Waals surface area contributed by atoms with Crippen LogP contribution in [0.3, 0.4) is 0 Å². The molecule has 2 aliphatic rings. The third-order valence-electron chi connectivity index (χ3n) is 5.67. The number of aliphatic imine (C=N–C) groups is 1. The molecule has 0 atom stereocenters. The van der Waals surface area contributed by atoms with Crippen LogP contribution in [0.5, 0.6) is 11.5 Å². The average Bonchev–Trinajstić information content (AvgIpc) is 3.30. The molecule has 4 rings (SSSR count). The molecule has 2 heterocycles. The zero-order chi connectivity index (χ0) is 21.5. The molecule has 0 unspecified atom stereocenters. The van der Waals surface area contributed by atoms with Crippen LogP contribution in [-0.4, -0.2) is 50.2 Å². The van der Waals surface area contributed by atoms with Gasteiger partial charge in [-0.3, -0.25) is 9.79 Å². The average molecular weight is 423 g/mol. The third-order valence-corrected chi connectivity index (χ3v) is 5.67. The van der Waals surface area contributed by atoms with Gasteiger partial charge in [-0.25, -0.2) is 0 Å². The van der Waals surface area contributed by atoms with Gasteiger partial charge in [0.15, 0.2) is 17.5 Å². The number of guanidine groups is 1. The van der Waals surface area contributed by atoms with Crippen LogP contribution in [0.2, 0.25) is 0 Å². The van der Waals surface area contributed by atoms with Crippen molar-refractivity contribution in [3.63, 3.8) is 0 Å². The van der Waals surface area contributed by atoms with Crippen LogP contribution in [-0.2, 0) is 13.0 Å². The van der Waals surface area contributed by atoms with Crippen LogP contribution in [0.4, 0.5) is 0 Å². The number of ether oxygens (including phenoxy) is 2. The van der Waals surface area contributed by atoms with Crippen molar-refractivity contribution in [2.75, 3.05) is 33.5 Å². The number of carbonyl (C=O) groups excluding carboxylic acids is 1. The quantitative estimate of drug-likeness (QED) is 0.553. The molecular formula is C24H30N4O3. The van der Waals surface area contributed by atoms with E-state index in [1.165, 1.54) is 12.0 Å². The first-order valence-corrected chi connectivity index (χ1v) is 10.9. The Bertz CT molecular complexity index is 921. The highest BCUT2D eigenvalue weighted by Gasteiger charge is 2.18. The molecule has 2 aliphatic heterocycles. The molecule has 7 heteroatoms. The highest BCUT2D eigenvalue weighted by molar-refractivity contribution is 5.94. The van der Waals surface area contributed by atoms with Gasteiger partial charge in [-0.1, -0.05) is 18.2 Å². The molecule has 0 saturated carbocycles. The summed E-state index contributed by atoms with van der Waals surface area (Å²) in [7, 11) is 1.76. The predicted octanol–water partition coefficient (Wildman–Crippen LogP) is 2.95. The number of hydrogen-bond donors (Lipinski definition) is 2. The number of piperidine rings is 1. The Kier molecular flexibility index (Phi) is 6.92. The van der Waals surface area contributed by atoms with Crippen molar-refractivity contribution in [3.05, 3.63) is 59.2 Å². The second kappa shape index (κ2) is 10.2. The van der Waals surface area contributed by atoms with Crippen molar-refractivity contribution in [3.8, 4) is 11.5 Å². The van der Waals surface area contributed by atoms with Crippen molar-refractivity contribution < 1.29 is 14.3 Å². The lowest BCUT2D eigenvalue weighted by Gasteiger charge is -2.26. The van der Waals surface area contributed by atoms with Crippen LogP contribution in [0.25, 0.3) is 0 Å². The summed E-state index contributed by atoms with van der Waals surface area (Å²) in [6.07, 6.45) is 4.29. The molecule has 0 radical (unpaired) electrons. The molecule has 0 bridgehead atoms. The lowest BCUT2D eigenvalue weighted by molar-refractivity contribution is 0.0724. The molecule has 164 valence electrons. The molecule has 2 N–H and O–H groups in total. The first-order valence-electron chi connectivity index (χ1n) is 10.9. The van der Waals surface area contributed by atoms with Crippen LogP contribution in [0.1, 0.15) is 40.7 Å². The number of fused-ring (bicyclic) bond motifs is 1. The Labute approximate surface area is 183 Å². The van der Waals surface area contributed by atoms with Crippen molar-refractivity contribution in [1.82, 2.24) is 15.5 Å². The minimum absolute atomic E-state index is 0.139. The van der Waals surface area contributed by atoms with E-state index in [1.54, 1.807) is 7.05 Å². The van der Waals surface area contributed by atoms with Crippen molar-refractivity contribution in [1.29, 1.82) is 0 Å². The fourth-order valence-electron chi connectivity index (χ4n) is 3.87. The van der Waals surface area contributed by atoms with Gasteiger partial charge in [0.25, 0.3) is 5.91 Å². The monoisotopic (exact) mass is 422 g/mol. The highest BCUT2D eigenvalue weighted by Crippen LogP contribution is 2.32. The van der Waals surface area contributed by atoms with E-state index in [1.807, 2.05) is 41.3 Å². The predicted molar refractivity (Wildman–Crippen MR) is 121 cm³/mol. The summed E-state index contributed by atoms with van der Waals surface area (Å²) >= 11 is 0. The van der Waals surface area contributed by atoms with E-state index in [9.17, 15) is 4.79 Å². The van der Waals surface area contributed by atoms with Crippen molar-refractivity contribution in [2.24, 2.45) is 4.99 Å². The van der Waals surface area contributed by atoms with Gasteiger partial charge in [0.2, 0.25) is 6.79 Å². The van der Waals surface area contributed by atoms with Crippen LogP contribution in [0.15, 0.2) is 47.5 Å². The van der Waals surface area contributed by atoms with E-state index in [0.29, 0.717) is 13.3 Å². The number of rotatable bonds is 6. The van der Waals surface area contributed by atoms with Gasteiger partial charge in [0.05, 0.1) is 0 Å². The third kappa shape index (κ3) is 5.48. The summed E-state index contributed by atoms with van der Waals surface area (Å²) in [4.78, 5) is 18.8. The summed E-state index contributed by atoms with van der Waals surface area (Å²) in [5, 5.41) is 6.66. The van der Waals surface area contributed by atoms with Gasteiger partial charge >= 0.3 is 0 Å². The molecule has 1 amide bonds. The highest BCUT2D eigenvalue weighted by atomic mass is 16.7. The van der Waals surface area contributed by atoms with Crippen LogP contribution >= 0.6 is 0 Å². The van der Waals surface area contributed by atoms with Gasteiger partial charge in [0, 0.05) is 38.8 Å². The Morgan fingerprint density at radius 3 is 2.48 bits per heavy atom. The van der Waals surface area contributed by atoms with Gasteiger partial charge < -0.3 is 25.0 Å². The standard InChI is InChI=1S/C24H30N4O3/c1-25-24(26-12-11-18-7-10-21-22(15-18)31-17-30-21)27-16-19-5-8-20(9-6-19)23(29)28-13-3-2-4-14-28/h5-10,15H,2-4,11-14,16-17H2,1H3,(H2,25,26,27). The number of amides is 1. The van der Waals surface area contributed by atoms with Gasteiger partial charge in [0.1, 0.15) is 0 Å². The Balaban J connectivity index is 1.22. The number of benzene rings is 2. The van der Waals surface area contributed by atoms with E-state index in [-0.39, 0.29) is 5.91 Å². The molecule has 0 aromatic heterocycles. The van der Waals surface area contributed by atoms with Gasteiger partial charge in [-0.2, -0.15) is 0 Å². The van der Waals surface area contributed by atoms with Gasteiger partial charge in [-0.05, 0) is 61.1 Å². The molecular weight excluding hydrogens is 392 g/mol. The molecule has 31 heavy (non-hydrogen) atoms. The van der Waals surface area contributed by atoms with Crippen molar-refractivity contribution in [2.45, 2.75) is 32.2 Å². The smallest absolute Gasteiger partial charge is 0.253 e. The lowest BCUT2D eigenvalue weighted by Crippen LogP contribution is -2.38. The van der Waals surface area contributed by atoms with E-state index in [2.05, 4.69) is 21.7 Å². The molecule has 2 aromatic carbocycles. The number of nitrogens with zero attached hydrogens (tertiary/aromatic N) is 2. The summed E-state index contributed by atoms with van der Waals surface area (Å²) in [6, 6.07) is 13.9. The van der Waals surface area contributed by atoms with Crippen molar-refractivity contribution >= 4 is 11.9 Å². The van der Waals surface area contributed by atoms with E-state index in [0.717, 1.165) is 67.5 Å². The van der Waals surface area contributed by atoms with Crippen LogP contribution in [0, 0.1) is 0 Å². The van der Waals surface area contributed by atoms with Crippen LogP contribution < -0.4 is 20.1 Å².